The van der Waals surface area contributed by atoms with Crippen molar-refractivity contribution in [2.24, 2.45) is 5.92 Å². The highest BCUT2D eigenvalue weighted by atomic mass is 16.5. The number of nitrogens with zero attached hydrogens (tertiary/aromatic N) is 2. The minimum atomic E-state index is 0.179. The Morgan fingerprint density at radius 1 is 1.10 bits per heavy atom. The number of nitrogens with one attached hydrogen (secondary N) is 1. The molecule has 1 N–H and O–H groups in total. The first-order valence-electron chi connectivity index (χ1n) is 7.34. The van der Waals surface area contributed by atoms with Gasteiger partial charge >= 0.3 is 0 Å². The molecule has 1 aromatic heterocycles. The largest absolute Gasteiger partial charge is 0.477 e. The fourth-order valence-electron chi connectivity index (χ4n) is 1.99. The fraction of sp³-hybridized carbons (Fsp3) is 0.412. The van der Waals surface area contributed by atoms with Crippen LogP contribution in [0.4, 0.5) is 5.82 Å². The molecule has 112 valence electrons. The number of rotatable bonds is 6. The third kappa shape index (κ3) is 4.74. The second kappa shape index (κ2) is 7.07. The third-order valence-electron chi connectivity index (χ3n) is 3.04. The van der Waals surface area contributed by atoms with Crippen LogP contribution in [0.3, 0.4) is 0 Å². The second-order valence-electron chi connectivity index (χ2n) is 5.62. The molecule has 0 saturated carbocycles. The van der Waals surface area contributed by atoms with Gasteiger partial charge < -0.3 is 10.1 Å². The molecule has 2 rings (SSSR count). The van der Waals surface area contributed by atoms with Gasteiger partial charge in [-0.05, 0) is 25.3 Å². The average molecular weight is 285 g/mol. The number of aromatic nitrogens is 2. The second-order valence-corrected chi connectivity index (χ2v) is 5.62. The van der Waals surface area contributed by atoms with Gasteiger partial charge in [-0.15, -0.1) is 0 Å². The van der Waals surface area contributed by atoms with Gasteiger partial charge in [0.05, 0.1) is 6.61 Å². The highest BCUT2D eigenvalue weighted by molar-refractivity contribution is 5.41. The third-order valence-corrected chi connectivity index (χ3v) is 3.04. The summed E-state index contributed by atoms with van der Waals surface area (Å²) in [6, 6.07) is 12.3. The van der Waals surface area contributed by atoms with E-state index in [0.29, 0.717) is 24.2 Å². The lowest BCUT2D eigenvalue weighted by atomic mass is 10.1. The molecular formula is C17H23N3O. The molecule has 0 amide bonds. The fourth-order valence-corrected chi connectivity index (χ4v) is 1.99. The topological polar surface area (TPSA) is 47.0 Å². The van der Waals surface area contributed by atoms with Crippen LogP contribution in [0.25, 0.3) is 0 Å². The quantitative estimate of drug-likeness (QED) is 0.871. The summed E-state index contributed by atoms with van der Waals surface area (Å²) in [5.74, 6) is 2.59. The maximum atomic E-state index is 5.69. The molecule has 0 aliphatic rings. The number of aryl methyl sites for hydroxylation is 1. The molecule has 0 fully saturated rings. The number of ether oxygens (including phenoxy) is 1. The lowest BCUT2D eigenvalue weighted by Gasteiger charge is -2.16. The van der Waals surface area contributed by atoms with E-state index in [1.807, 2.05) is 31.2 Å². The number of anilines is 1. The number of hydrogen-bond acceptors (Lipinski definition) is 4. The summed E-state index contributed by atoms with van der Waals surface area (Å²) >= 11 is 0. The van der Waals surface area contributed by atoms with Gasteiger partial charge in [-0.1, -0.05) is 44.2 Å². The lowest BCUT2D eigenvalue weighted by Crippen LogP contribution is -2.11. The molecule has 0 bridgehead atoms. The highest BCUT2D eigenvalue weighted by Gasteiger charge is 2.08. The number of hydrogen-bond donors (Lipinski definition) is 1. The van der Waals surface area contributed by atoms with Crippen LogP contribution in [0.15, 0.2) is 36.4 Å². The first kappa shape index (κ1) is 15.3. The Balaban J connectivity index is 2.09. The SMILES string of the molecule is Cc1nc(NC(C)c2ccccc2)cc(OCC(C)C)n1. The van der Waals surface area contributed by atoms with E-state index < -0.39 is 0 Å². The van der Waals surface area contributed by atoms with Crippen LogP contribution in [-0.2, 0) is 0 Å². The van der Waals surface area contributed by atoms with Crippen molar-refractivity contribution in [1.29, 1.82) is 0 Å². The number of benzene rings is 1. The summed E-state index contributed by atoms with van der Waals surface area (Å²) in [6.07, 6.45) is 0. The Labute approximate surface area is 126 Å². The summed E-state index contributed by atoms with van der Waals surface area (Å²) in [7, 11) is 0. The van der Waals surface area contributed by atoms with Gasteiger partial charge in [-0.2, -0.15) is 4.98 Å². The minimum absolute atomic E-state index is 0.179. The monoisotopic (exact) mass is 285 g/mol. The predicted molar refractivity (Wildman–Crippen MR) is 85.6 cm³/mol. The predicted octanol–water partition coefficient (Wildman–Crippen LogP) is 3.99. The van der Waals surface area contributed by atoms with Crippen LogP contribution in [0.5, 0.6) is 5.88 Å². The van der Waals surface area contributed by atoms with Crippen molar-refractivity contribution in [2.75, 3.05) is 11.9 Å². The van der Waals surface area contributed by atoms with Crippen LogP contribution in [0.1, 0.15) is 38.2 Å². The van der Waals surface area contributed by atoms with Gasteiger partial charge in [-0.3, -0.25) is 0 Å². The Kier molecular flexibility index (Phi) is 5.14. The van der Waals surface area contributed by atoms with Crippen molar-refractivity contribution < 1.29 is 4.74 Å². The van der Waals surface area contributed by atoms with Crippen molar-refractivity contribution in [1.82, 2.24) is 9.97 Å². The van der Waals surface area contributed by atoms with E-state index in [0.717, 1.165) is 5.82 Å². The molecule has 0 aliphatic carbocycles. The molecular weight excluding hydrogens is 262 g/mol. The van der Waals surface area contributed by atoms with E-state index in [9.17, 15) is 0 Å². The maximum Gasteiger partial charge on any atom is 0.218 e. The molecule has 4 nitrogen and oxygen atoms in total. The summed E-state index contributed by atoms with van der Waals surface area (Å²) in [5, 5.41) is 3.40. The van der Waals surface area contributed by atoms with Gasteiger partial charge in [0.15, 0.2) is 0 Å². The Morgan fingerprint density at radius 2 is 1.81 bits per heavy atom. The zero-order chi connectivity index (χ0) is 15.2. The van der Waals surface area contributed by atoms with E-state index in [2.05, 4.69) is 48.2 Å². The average Bonchev–Trinajstić information content (AvgIpc) is 2.45. The smallest absolute Gasteiger partial charge is 0.218 e. The lowest BCUT2D eigenvalue weighted by molar-refractivity contribution is 0.260. The van der Waals surface area contributed by atoms with Crippen LogP contribution >= 0.6 is 0 Å². The van der Waals surface area contributed by atoms with Gasteiger partial charge in [0.1, 0.15) is 11.6 Å². The normalized spacial score (nSPS) is 12.2. The molecule has 2 aromatic rings. The summed E-state index contributed by atoms with van der Waals surface area (Å²) < 4.78 is 5.69. The van der Waals surface area contributed by atoms with Crippen LogP contribution < -0.4 is 10.1 Å². The van der Waals surface area contributed by atoms with E-state index in [1.54, 1.807) is 0 Å². The molecule has 1 atom stereocenters. The molecule has 1 aromatic carbocycles. The van der Waals surface area contributed by atoms with Gasteiger partial charge in [0.25, 0.3) is 0 Å². The standard InChI is InChI=1S/C17H23N3O/c1-12(2)11-21-17-10-16(19-14(4)20-17)18-13(3)15-8-6-5-7-9-15/h5-10,12-13H,11H2,1-4H3,(H,18,19,20). The van der Waals surface area contributed by atoms with E-state index in [-0.39, 0.29) is 6.04 Å². The van der Waals surface area contributed by atoms with Crippen molar-refractivity contribution in [3.63, 3.8) is 0 Å². The molecule has 21 heavy (non-hydrogen) atoms. The highest BCUT2D eigenvalue weighted by Crippen LogP contribution is 2.20. The first-order valence-corrected chi connectivity index (χ1v) is 7.34. The summed E-state index contributed by atoms with van der Waals surface area (Å²) in [5.41, 5.74) is 1.22. The zero-order valence-electron chi connectivity index (χ0n) is 13.1. The van der Waals surface area contributed by atoms with E-state index in [4.69, 9.17) is 4.74 Å². The van der Waals surface area contributed by atoms with Gasteiger partial charge in [0.2, 0.25) is 5.88 Å². The van der Waals surface area contributed by atoms with E-state index in [1.165, 1.54) is 5.56 Å². The van der Waals surface area contributed by atoms with Crippen LogP contribution in [0.2, 0.25) is 0 Å². The summed E-state index contributed by atoms with van der Waals surface area (Å²) in [6.45, 7) is 8.88. The molecule has 0 radical (unpaired) electrons. The maximum absolute atomic E-state index is 5.69. The van der Waals surface area contributed by atoms with Crippen molar-refractivity contribution in [3.8, 4) is 5.88 Å². The van der Waals surface area contributed by atoms with Gasteiger partial charge in [0, 0.05) is 12.1 Å². The minimum Gasteiger partial charge on any atom is -0.477 e. The first-order chi connectivity index (χ1) is 10.0. The Hall–Kier alpha value is -2.10. The van der Waals surface area contributed by atoms with Crippen LogP contribution in [-0.4, -0.2) is 16.6 Å². The molecule has 0 spiro atoms. The van der Waals surface area contributed by atoms with Crippen LogP contribution in [0, 0.1) is 12.8 Å². The van der Waals surface area contributed by atoms with Gasteiger partial charge in [-0.25, -0.2) is 4.98 Å². The summed E-state index contributed by atoms with van der Waals surface area (Å²) in [4.78, 5) is 8.74. The molecule has 0 aliphatic heterocycles. The van der Waals surface area contributed by atoms with Crippen molar-refractivity contribution in [3.05, 3.63) is 47.8 Å². The molecule has 1 heterocycles. The zero-order valence-corrected chi connectivity index (χ0v) is 13.1. The molecule has 0 saturated heterocycles. The molecule has 1 unspecified atom stereocenters. The Morgan fingerprint density at radius 3 is 2.48 bits per heavy atom. The van der Waals surface area contributed by atoms with E-state index >= 15 is 0 Å². The van der Waals surface area contributed by atoms with Crippen molar-refractivity contribution >= 4 is 5.82 Å². The van der Waals surface area contributed by atoms with Crippen molar-refractivity contribution in [2.45, 2.75) is 33.7 Å². The molecule has 4 heteroatoms. The Bertz CT molecular complexity index is 570.